The van der Waals surface area contributed by atoms with Gasteiger partial charge in [-0.25, -0.2) is 0 Å². The summed E-state index contributed by atoms with van der Waals surface area (Å²) in [6.45, 7) is 0. The third kappa shape index (κ3) is 2.54. The van der Waals surface area contributed by atoms with Crippen LogP contribution in [0.25, 0.3) is 5.57 Å². The first-order valence-corrected chi connectivity index (χ1v) is 7.52. The van der Waals surface area contributed by atoms with Gasteiger partial charge in [-0.1, -0.05) is 29.8 Å². The van der Waals surface area contributed by atoms with Crippen molar-refractivity contribution in [2.24, 2.45) is 5.73 Å². The molecule has 2 N–H and O–H groups in total. The maximum absolute atomic E-state index is 9.45. The minimum atomic E-state index is -0.236. The average Bonchev–Trinajstić information content (AvgIpc) is 3.02. The van der Waals surface area contributed by atoms with Gasteiger partial charge in [0.25, 0.3) is 0 Å². The molecule has 0 radical (unpaired) electrons. The maximum Gasteiger partial charge on any atom is 0.204 e. The highest BCUT2D eigenvalue weighted by atomic mass is 35.5. The van der Waals surface area contributed by atoms with E-state index in [4.69, 9.17) is 22.1 Å². The SMILES string of the molecule is N#CC1=C(N)OC=C(c2cccs2)C1c1ccc(Cl)cc1. The van der Waals surface area contributed by atoms with Gasteiger partial charge in [-0.2, -0.15) is 5.26 Å². The molecule has 0 saturated heterocycles. The van der Waals surface area contributed by atoms with Gasteiger partial charge < -0.3 is 10.5 Å². The van der Waals surface area contributed by atoms with Crippen LogP contribution < -0.4 is 5.73 Å². The van der Waals surface area contributed by atoms with Crippen molar-refractivity contribution >= 4 is 28.5 Å². The first kappa shape index (κ1) is 13.7. The minimum Gasteiger partial charge on any atom is -0.448 e. The summed E-state index contributed by atoms with van der Waals surface area (Å²) in [4.78, 5) is 1.05. The van der Waals surface area contributed by atoms with Crippen LogP contribution in [-0.2, 0) is 4.74 Å². The van der Waals surface area contributed by atoms with Crippen molar-refractivity contribution < 1.29 is 4.74 Å². The molecule has 0 fully saturated rings. The number of nitriles is 1. The molecule has 104 valence electrons. The van der Waals surface area contributed by atoms with Gasteiger partial charge in [0.2, 0.25) is 5.88 Å². The van der Waals surface area contributed by atoms with E-state index in [0.29, 0.717) is 10.6 Å². The molecular formula is C16H11ClN2OS. The molecule has 1 aliphatic rings. The van der Waals surface area contributed by atoms with Crippen LogP contribution in [0.5, 0.6) is 0 Å². The lowest BCUT2D eigenvalue weighted by Gasteiger charge is -2.24. The summed E-state index contributed by atoms with van der Waals surface area (Å²) in [7, 11) is 0. The van der Waals surface area contributed by atoms with Crippen LogP contribution in [0.2, 0.25) is 5.02 Å². The summed E-state index contributed by atoms with van der Waals surface area (Å²) in [5.74, 6) is -0.0857. The van der Waals surface area contributed by atoms with Crippen LogP contribution in [-0.4, -0.2) is 0 Å². The second-order valence-electron chi connectivity index (χ2n) is 4.54. The molecule has 0 bridgehead atoms. The largest absolute Gasteiger partial charge is 0.448 e. The van der Waals surface area contributed by atoms with Gasteiger partial charge in [0.05, 0.1) is 12.2 Å². The zero-order chi connectivity index (χ0) is 14.8. The molecule has 2 heterocycles. The Morgan fingerprint density at radius 3 is 2.62 bits per heavy atom. The van der Waals surface area contributed by atoms with Gasteiger partial charge in [-0.05, 0) is 29.1 Å². The molecule has 21 heavy (non-hydrogen) atoms. The normalized spacial score (nSPS) is 17.9. The first-order valence-electron chi connectivity index (χ1n) is 6.26. The number of hydrogen-bond acceptors (Lipinski definition) is 4. The van der Waals surface area contributed by atoms with E-state index >= 15 is 0 Å². The van der Waals surface area contributed by atoms with Crippen LogP contribution in [0, 0.1) is 11.3 Å². The van der Waals surface area contributed by atoms with Gasteiger partial charge >= 0.3 is 0 Å². The van der Waals surface area contributed by atoms with Gasteiger partial charge in [-0.3, -0.25) is 0 Å². The van der Waals surface area contributed by atoms with Crippen molar-refractivity contribution in [3.05, 3.63) is 75.0 Å². The molecule has 0 spiro atoms. The number of nitrogens with two attached hydrogens (primary N) is 1. The van der Waals surface area contributed by atoms with Crippen molar-refractivity contribution in [2.45, 2.75) is 5.92 Å². The highest BCUT2D eigenvalue weighted by Crippen LogP contribution is 2.42. The van der Waals surface area contributed by atoms with Crippen molar-refractivity contribution in [3.63, 3.8) is 0 Å². The molecule has 1 aromatic carbocycles. The maximum atomic E-state index is 9.45. The van der Waals surface area contributed by atoms with Gasteiger partial charge in [0.1, 0.15) is 11.6 Å². The lowest BCUT2D eigenvalue weighted by molar-refractivity contribution is 0.333. The Bertz CT molecular complexity index is 755. The van der Waals surface area contributed by atoms with E-state index in [0.717, 1.165) is 16.0 Å². The Labute approximate surface area is 131 Å². The molecular weight excluding hydrogens is 304 g/mol. The van der Waals surface area contributed by atoms with E-state index in [-0.39, 0.29) is 11.8 Å². The van der Waals surface area contributed by atoms with Gasteiger partial charge in [-0.15, -0.1) is 11.3 Å². The molecule has 0 saturated carbocycles. The third-order valence-corrected chi connectivity index (χ3v) is 4.48. The van der Waals surface area contributed by atoms with Crippen LogP contribution in [0.3, 0.4) is 0 Å². The molecule has 0 aliphatic carbocycles. The number of benzene rings is 1. The summed E-state index contributed by atoms with van der Waals surface area (Å²) >= 11 is 7.54. The van der Waals surface area contributed by atoms with E-state index in [1.54, 1.807) is 17.6 Å². The average molecular weight is 315 g/mol. The fourth-order valence-corrected chi connectivity index (χ4v) is 3.21. The fraction of sp³-hybridized carbons (Fsp3) is 0.0625. The minimum absolute atomic E-state index is 0.151. The molecule has 2 aromatic rings. The second kappa shape index (κ2) is 5.65. The smallest absolute Gasteiger partial charge is 0.204 e. The Kier molecular flexibility index (Phi) is 3.70. The lowest BCUT2D eigenvalue weighted by atomic mass is 9.84. The summed E-state index contributed by atoms with van der Waals surface area (Å²) in [6, 6.07) is 13.6. The summed E-state index contributed by atoms with van der Waals surface area (Å²) < 4.78 is 5.35. The number of thiophene rings is 1. The van der Waals surface area contributed by atoms with Gasteiger partial charge in [0, 0.05) is 15.5 Å². The molecule has 3 rings (SSSR count). The standard InChI is InChI=1S/C16H11ClN2OS/c17-11-5-3-10(4-6-11)15-12(8-18)16(19)20-9-13(15)14-2-1-7-21-14/h1-7,9,15H,19H2. The quantitative estimate of drug-likeness (QED) is 0.901. The number of allylic oxidation sites excluding steroid dienone is 2. The van der Waals surface area contributed by atoms with E-state index in [2.05, 4.69) is 6.07 Å². The number of hydrogen-bond donors (Lipinski definition) is 1. The zero-order valence-corrected chi connectivity index (χ0v) is 12.5. The van der Waals surface area contributed by atoms with Crippen LogP contribution in [0.1, 0.15) is 16.4 Å². The predicted octanol–water partition coefficient (Wildman–Crippen LogP) is 4.25. The van der Waals surface area contributed by atoms with E-state index < -0.39 is 0 Å². The molecule has 3 nitrogen and oxygen atoms in total. The molecule has 1 unspecified atom stereocenters. The Morgan fingerprint density at radius 2 is 2.00 bits per heavy atom. The number of rotatable bonds is 2. The van der Waals surface area contributed by atoms with Crippen molar-refractivity contribution in [3.8, 4) is 6.07 Å². The fourth-order valence-electron chi connectivity index (χ4n) is 2.32. The van der Waals surface area contributed by atoms with Crippen LogP contribution in [0.4, 0.5) is 0 Å². The van der Waals surface area contributed by atoms with E-state index in [9.17, 15) is 5.26 Å². The number of halogens is 1. The molecule has 1 aliphatic heterocycles. The van der Waals surface area contributed by atoms with Gasteiger partial charge in [0.15, 0.2) is 0 Å². The summed E-state index contributed by atoms with van der Waals surface area (Å²) in [5.41, 5.74) is 8.14. The second-order valence-corrected chi connectivity index (χ2v) is 5.93. The van der Waals surface area contributed by atoms with E-state index in [1.807, 2.05) is 41.8 Å². The summed E-state index contributed by atoms with van der Waals surface area (Å²) in [6.07, 6.45) is 1.63. The third-order valence-electron chi connectivity index (χ3n) is 3.31. The Hall–Kier alpha value is -2.22. The lowest BCUT2D eigenvalue weighted by Crippen LogP contribution is -2.16. The topological polar surface area (TPSA) is 59.0 Å². The summed E-state index contributed by atoms with van der Waals surface area (Å²) in [5, 5.41) is 12.1. The molecule has 1 atom stereocenters. The molecule has 0 amide bonds. The molecule has 5 heteroatoms. The zero-order valence-electron chi connectivity index (χ0n) is 10.9. The highest BCUT2D eigenvalue weighted by molar-refractivity contribution is 7.11. The number of nitrogens with zero attached hydrogens (tertiary/aromatic N) is 1. The number of ether oxygens (including phenoxy) is 1. The van der Waals surface area contributed by atoms with Crippen LogP contribution in [0.15, 0.2) is 59.5 Å². The Morgan fingerprint density at radius 1 is 1.24 bits per heavy atom. The van der Waals surface area contributed by atoms with Crippen molar-refractivity contribution in [1.29, 1.82) is 5.26 Å². The highest BCUT2D eigenvalue weighted by Gasteiger charge is 2.29. The predicted molar refractivity (Wildman–Crippen MR) is 84.4 cm³/mol. The Balaban J connectivity index is 2.13. The van der Waals surface area contributed by atoms with E-state index in [1.165, 1.54) is 0 Å². The monoisotopic (exact) mass is 314 g/mol. The van der Waals surface area contributed by atoms with Crippen molar-refractivity contribution in [2.75, 3.05) is 0 Å². The van der Waals surface area contributed by atoms with Crippen LogP contribution >= 0.6 is 22.9 Å². The molecule has 1 aromatic heterocycles. The first-order chi connectivity index (χ1) is 10.2. The van der Waals surface area contributed by atoms with Crippen molar-refractivity contribution in [1.82, 2.24) is 0 Å².